The first-order valence-corrected chi connectivity index (χ1v) is 6.19. The van der Waals surface area contributed by atoms with Gasteiger partial charge in [0.15, 0.2) is 0 Å². The fourth-order valence-electron chi connectivity index (χ4n) is 2.44. The summed E-state index contributed by atoms with van der Waals surface area (Å²) < 4.78 is 13.2. The number of carbonyl (C=O) groups excluding carboxylic acids is 1. The van der Waals surface area contributed by atoms with Gasteiger partial charge in [-0.05, 0) is 49.2 Å². The van der Waals surface area contributed by atoms with E-state index in [1.54, 1.807) is 29.3 Å². The third-order valence-electron chi connectivity index (χ3n) is 3.42. The molecular formula is C15H13FN2O. The molecule has 0 spiro atoms. The van der Waals surface area contributed by atoms with Crippen LogP contribution in [0.2, 0.25) is 0 Å². The van der Waals surface area contributed by atoms with Gasteiger partial charge in [-0.1, -0.05) is 0 Å². The van der Waals surface area contributed by atoms with Crippen molar-refractivity contribution >= 4 is 11.6 Å². The van der Waals surface area contributed by atoms with Crippen molar-refractivity contribution in [2.75, 3.05) is 11.4 Å². The van der Waals surface area contributed by atoms with E-state index in [0.717, 1.165) is 11.3 Å². The van der Waals surface area contributed by atoms with E-state index in [-0.39, 0.29) is 11.7 Å². The zero-order valence-electron chi connectivity index (χ0n) is 10.6. The predicted octanol–water partition coefficient (Wildman–Crippen LogP) is 2.73. The van der Waals surface area contributed by atoms with E-state index in [1.807, 2.05) is 6.92 Å². The average molecular weight is 256 g/mol. The molecule has 1 amide bonds. The Morgan fingerprint density at radius 3 is 3.00 bits per heavy atom. The SMILES string of the molecule is Cc1ncccc1C(=O)N1CCc2cc(F)ccc21. The fourth-order valence-corrected chi connectivity index (χ4v) is 2.44. The molecule has 0 N–H and O–H groups in total. The molecule has 0 unspecified atom stereocenters. The molecule has 3 nitrogen and oxygen atoms in total. The summed E-state index contributed by atoms with van der Waals surface area (Å²) in [7, 11) is 0. The predicted molar refractivity (Wildman–Crippen MR) is 70.8 cm³/mol. The summed E-state index contributed by atoms with van der Waals surface area (Å²) in [6.07, 6.45) is 2.36. The van der Waals surface area contributed by atoms with Crippen LogP contribution in [0.1, 0.15) is 21.6 Å². The second-order valence-corrected chi connectivity index (χ2v) is 4.62. The zero-order chi connectivity index (χ0) is 13.4. The molecule has 0 radical (unpaired) electrons. The van der Waals surface area contributed by atoms with Crippen LogP contribution in [-0.2, 0) is 6.42 Å². The van der Waals surface area contributed by atoms with E-state index < -0.39 is 0 Å². The normalized spacial score (nSPS) is 13.5. The quantitative estimate of drug-likeness (QED) is 0.786. The smallest absolute Gasteiger partial charge is 0.260 e. The monoisotopic (exact) mass is 256 g/mol. The summed E-state index contributed by atoms with van der Waals surface area (Å²) in [6.45, 7) is 2.40. The van der Waals surface area contributed by atoms with Gasteiger partial charge in [0, 0.05) is 24.1 Å². The van der Waals surface area contributed by atoms with Crippen LogP contribution in [0.15, 0.2) is 36.5 Å². The minimum absolute atomic E-state index is 0.0732. The van der Waals surface area contributed by atoms with Gasteiger partial charge in [0.2, 0.25) is 0 Å². The highest BCUT2D eigenvalue weighted by Crippen LogP contribution is 2.30. The lowest BCUT2D eigenvalue weighted by atomic mass is 10.1. The number of nitrogens with zero attached hydrogens (tertiary/aromatic N) is 2. The first-order valence-electron chi connectivity index (χ1n) is 6.19. The number of halogens is 1. The summed E-state index contributed by atoms with van der Waals surface area (Å²) in [5.41, 5.74) is 2.99. The number of benzene rings is 1. The molecule has 1 aliphatic heterocycles. The molecular weight excluding hydrogens is 243 g/mol. The number of aryl methyl sites for hydroxylation is 1. The van der Waals surface area contributed by atoms with Crippen LogP contribution < -0.4 is 4.90 Å². The molecule has 4 heteroatoms. The summed E-state index contributed by atoms with van der Waals surface area (Å²) >= 11 is 0. The number of fused-ring (bicyclic) bond motifs is 1. The number of hydrogen-bond acceptors (Lipinski definition) is 2. The summed E-state index contributed by atoms with van der Waals surface area (Å²) in [5, 5.41) is 0. The van der Waals surface area contributed by atoms with E-state index in [2.05, 4.69) is 4.98 Å². The molecule has 3 rings (SSSR count). The van der Waals surface area contributed by atoms with Crippen molar-refractivity contribution in [1.29, 1.82) is 0 Å². The number of amides is 1. The first kappa shape index (κ1) is 11.8. The molecule has 0 fully saturated rings. The maximum absolute atomic E-state index is 13.2. The Balaban J connectivity index is 1.98. The number of aromatic nitrogens is 1. The summed E-state index contributed by atoms with van der Waals surface area (Å²) in [6, 6.07) is 8.08. The highest BCUT2D eigenvalue weighted by Gasteiger charge is 2.26. The molecule has 0 atom stereocenters. The number of hydrogen-bond donors (Lipinski definition) is 0. The second kappa shape index (κ2) is 4.46. The van der Waals surface area contributed by atoms with Gasteiger partial charge in [0.1, 0.15) is 5.82 Å². The van der Waals surface area contributed by atoms with Crippen molar-refractivity contribution in [1.82, 2.24) is 4.98 Å². The first-order chi connectivity index (χ1) is 9.16. The van der Waals surface area contributed by atoms with Gasteiger partial charge in [0.25, 0.3) is 5.91 Å². The van der Waals surface area contributed by atoms with Crippen molar-refractivity contribution in [3.63, 3.8) is 0 Å². The molecule has 19 heavy (non-hydrogen) atoms. The number of rotatable bonds is 1. The van der Waals surface area contributed by atoms with Crippen molar-refractivity contribution in [3.8, 4) is 0 Å². The van der Waals surface area contributed by atoms with Gasteiger partial charge >= 0.3 is 0 Å². The Kier molecular flexibility index (Phi) is 2.78. The molecule has 2 heterocycles. The number of pyridine rings is 1. The minimum Gasteiger partial charge on any atom is -0.308 e. The molecule has 0 saturated heterocycles. The van der Waals surface area contributed by atoms with Gasteiger partial charge < -0.3 is 4.90 Å². The maximum atomic E-state index is 13.2. The third kappa shape index (κ3) is 1.99. The standard InChI is InChI=1S/C15H13FN2O/c1-10-13(3-2-7-17-10)15(19)18-8-6-11-9-12(16)4-5-14(11)18/h2-5,7,9H,6,8H2,1H3. The van der Waals surface area contributed by atoms with Crippen LogP contribution in [0.25, 0.3) is 0 Å². The molecule has 2 aromatic rings. The van der Waals surface area contributed by atoms with Gasteiger partial charge in [-0.2, -0.15) is 0 Å². The van der Waals surface area contributed by atoms with E-state index >= 15 is 0 Å². The van der Waals surface area contributed by atoms with E-state index in [4.69, 9.17) is 0 Å². The Morgan fingerprint density at radius 2 is 2.21 bits per heavy atom. The average Bonchev–Trinajstić information content (AvgIpc) is 2.81. The highest BCUT2D eigenvalue weighted by molar-refractivity contribution is 6.07. The van der Waals surface area contributed by atoms with Crippen LogP contribution in [0.3, 0.4) is 0 Å². The fraction of sp³-hybridized carbons (Fsp3) is 0.200. The van der Waals surface area contributed by atoms with Crippen LogP contribution in [-0.4, -0.2) is 17.4 Å². The van der Waals surface area contributed by atoms with Crippen LogP contribution in [0.4, 0.5) is 10.1 Å². The Morgan fingerprint density at radius 1 is 1.37 bits per heavy atom. The van der Waals surface area contributed by atoms with Crippen molar-refractivity contribution in [3.05, 3.63) is 59.2 Å². The lowest BCUT2D eigenvalue weighted by molar-refractivity contribution is 0.0988. The molecule has 96 valence electrons. The third-order valence-corrected chi connectivity index (χ3v) is 3.42. The lowest BCUT2D eigenvalue weighted by Gasteiger charge is -2.18. The second-order valence-electron chi connectivity index (χ2n) is 4.62. The van der Waals surface area contributed by atoms with Crippen molar-refractivity contribution < 1.29 is 9.18 Å². The molecule has 1 aromatic carbocycles. The number of carbonyl (C=O) groups is 1. The topological polar surface area (TPSA) is 33.2 Å². The largest absolute Gasteiger partial charge is 0.308 e. The number of anilines is 1. The van der Waals surface area contributed by atoms with Crippen LogP contribution in [0.5, 0.6) is 0 Å². The Hall–Kier alpha value is -2.23. The summed E-state index contributed by atoms with van der Waals surface area (Å²) in [5.74, 6) is -0.332. The Labute approximate surface area is 110 Å². The van der Waals surface area contributed by atoms with Crippen LogP contribution >= 0.6 is 0 Å². The molecule has 0 aliphatic carbocycles. The molecule has 0 saturated carbocycles. The van der Waals surface area contributed by atoms with Crippen molar-refractivity contribution in [2.45, 2.75) is 13.3 Å². The Bertz CT molecular complexity index is 654. The lowest BCUT2D eigenvalue weighted by Crippen LogP contribution is -2.29. The molecule has 0 bridgehead atoms. The molecule has 1 aromatic heterocycles. The van der Waals surface area contributed by atoms with Gasteiger partial charge in [-0.3, -0.25) is 9.78 Å². The van der Waals surface area contributed by atoms with E-state index in [0.29, 0.717) is 24.2 Å². The minimum atomic E-state index is -0.259. The van der Waals surface area contributed by atoms with Gasteiger partial charge in [-0.25, -0.2) is 4.39 Å². The van der Waals surface area contributed by atoms with Gasteiger partial charge in [-0.15, -0.1) is 0 Å². The van der Waals surface area contributed by atoms with E-state index in [1.165, 1.54) is 12.1 Å². The highest BCUT2D eigenvalue weighted by atomic mass is 19.1. The molecule has 1 aliphatic rings. The van der Waals surface area contributed by atoms with Crippen LogP contribution in [0, 0.1) is 12.7 Å². The maximum Gasteiger partial charge on any atom is 0.260 e. The van der Waals surface area contributed by atoms with Gasteiger partial charge in [0.05, 0.1) is 5.56 Å². The van der Waals surface area contributed by atoms with E-state index in [9.17, 15) is 9.18 Å². The zero-order valence-corrected chi connectivity index (χ0v) is 10.6. The van der Waals surface area contributed by atoms with Crippen molar-refractivity contribution in [2.24, 2.45) is 0 Å². The summed E-state index contributed by atoms with van der Waals surface area (Å²) in [4.78, 5) is 18.3.